The lowest BCUT2D eigenvalue weighted by atomic mass is 10.1. The molecule has 12 heavy (non-hydrogen) atoms. The molecule has 0 aromatic rings. The maximum Gasteiger partial charge on any atom is 0.0549 e. The normalized spacial score (nSPS) is 16.5. The molecule has 0 rings (SSSR count). The Morgan fingerprint density at radius 3 is 2.17 bits per heavy atom. The van der Waals surface area contributed by atoms with Gasteiger partial charge in [0.1, 0.15) is 0 Å². The van der Waals surface area contributed by atoms with Crippen LogP contribution in [-0.4, -0.2) is 23.9 Å². The van der Waals surface area contributed by atoms with Crippen LogP contribution in [0, 0.1) is 5.92 Å². The van der Waals surface area contributed by atoms with E-state index in [0.717, 1.165) is 12.8 Å². The molecule has 0 aromatic heterocycles. The van der Waals surface area contributed by atoms with Crippen LogP contribution in [0.3, 0.4) is 0 Å². The van der Waals surface area contributed by atoms with Gasteiger partial charge in [0.25, 0.3) is 0 Å². The minimum Gasteiger partial charge on any atom is -0.393 e. The van der Waals surface area contributed by atoms with Crippen molar-refractivity contribution in [1.29, 1.82) is 0 Å². The van der Waals surface area contributed by atoms with Crippen LogP contribution < -0.4 is 0 Å². The van der Waals surface area contributed by atoms with Crippen LogP contribution in [0.15, 0.2) is 0 Å². The Morgan fingerprint density at radius 2 is 1.75 bits per heavy atom. The largest absolute Gasteiger partial charge is 0.393 e. The summed E-state index contributed by atoms with van der Waals surface area (Å²) in [6.45, 7) is 8.92. The quantitative estimate of drug-likeness (QED) is 0.669. The summed E-state index contributed by atoms with van der Waals surface area (Å²) in [5, 5.41) is 8.97. The van der Waals surface area contributed by atoms with Crippen molar-refractivity contribution in [2.45, 2.75) is 52.7 Å². The van der Waals surface area contributed by atoms with Gasteiger partial charge in [0.2, 0.25) is 0 Å². The van der Waals surface area contributed by atoms with Gasteiger partial charge < -0.3 is 9.84 Å². The number of rotatable bonds is 6. The smallest absolute Gasteiger partial charge is 0.0549 e. The Morgan fingerprint density at radius 1 is 1.17 bits per heavy atom. The van der Waals surface area contributed by atoms with Crippen LogP contribution in [0.2, 0.25) is 0 Å². The molecule has 0 aliphatic heterocycles. The molecule has 0 saturated carbocycles. The van der Waals surface area contributed by atoms with Crippen LogP contribution in [0.4, 0.5) is 0 Å². The first-order valence-corrected chi connectivity index (χ1v) is 4.82. The lowest BCUT2D eigenvalue weighted by molar-refractivity contribution is 0.0311. The highest BCUT2D eigenvalue weighted by molar-refractivity contribution is 4.54. The molecular weight excluding hydrogens is 152 g/mol. The molecule has 0 amide bonds. The fraction of sp³-hybridized carbons (Fsp3) is 1.00. The highest BCUT2D eigenvalue weighted by Gasteiger charge is 2.05. The number of aliphatic hydroxyl groups is 1. The predicted molar refractivity (Wildman–Crippen MR) is 51.2 cm³/mol. The molecule has 0 heterocycles. The van der Waals surface area contributed by atoms with Gasteiger partial charge in [0.15, 0.2) is 0 Å². The first-order chi connectivity index (χ1) is 5.52. The maximum atomic E-state index is 8.97. The third-order valence-corrected chi connectivity index (χ3v) is 1.74. The first kappa shape index (κ1) is 11.9. The Balaban J connectivity index is 3.25. The minimum absolute atomic E-state index is 0.240. The van der Waals surface area contributed by atoms with Crippen molar-refractivity contribution in [2.75, 3.05) is 6.61 Å². The molecule has 0 saturated heterocycles. The summed E-state index contributed by atoms with van der Waals surface area (Å²) in [5.41, 5.74) is 0. The second kappa shape index (κ2) is 6.44. The second-order valence-electron chi connectivity index (χ2n) is 3.95. The summed E-state index contributed by atoms with van der Waals surface area (Å²) >= 11 is 0. The third-order valence-electron chi connectivity index (χ3n) is 1.74. The van der Waals surface area contributed by atoms with E-state index in [1.807, 2.05) is 0 Å². The van der Waals surface area contributed by atoms with Gasteiger partial charge in [0.05, 0.1) is 12.2 Å². The molecule has 2 heteroatoms. The Bertz CT molecular complexity index is 100. The van der Waals surface area contributed by atoms with E-state index in [0.29, 0.717) is 18.6 Å². The SMILES string of the molecule is CC(C)CC(C)OCCC(C)O. The Labute approximate surface area is 75.9 Å². The summed E-state index contributed by atoms with van der Waals surface area (Å²) < 4.78 is 5.50. The van der Waals surface area contributed by atoms with Gasteiger partial charge in [-0.25, -0.2) is 0 Å². The number of hydrogen-bond donors (Lipinski definition) is 1. The van der Waals surface area contributed by atoms with Crippen molar-refractivity contribution < 1.29 is 9.84 Å². The number of ether oxygens (including phenoxy) is 1. The molecule has 0 aromatic carbocycles. The van der Waals surface area contributed by atoms with Crippen LogP contribution in [0.1, 0.15) is 40.5 Å². The Hall–Kier alpha value is -0.0800. The van der Waals surface area contributed by atoms with E-state index in [1.165, 1.54) is 0 Å². The van der Waals surface area contributed by atoms with E-state index in [2.05, 4.69) is 20.8 Å². The molecule has 1 N–H and O–H groups in total. The molecule has 0 fully saturated rings. The molecule has 0 spiro atoms. The lowest BCUT2D eigenvalue weighted by Gasteiger charge is -2.15. The van der Waals surface area contributed by atoms with Gasteiger partial charge in [0, 0.05) is 6.61 Å². The van der Waals surface area contributed by atoms with Gasteiger partial charge >= 0.3 is 0 Å². The zero-order chi connectivity index (χ0) is 9.56. The van der Waals surface area contributed by atoms with Crippen molar-refractivity contribution in [3.8, 4) is 0 Å². The predicted octanol–water partition coefficient (Wildman–Crippen LogP) is 2.21. The van der Waals surface area contributed by atoms with E-state index in [1.54, 1.807) is 6.92 Å². The van der Waals surface area contributed by atoms with E-state index in [9.17, 15) is 0 Å². The lowest BCUT2D eigenvalue weighted by Crippen LogP contribution is -2.14. The van der Waals surface area contributed by atoms with Crippen molar-refractivity contribution in [1.82, 2.24) is 0 Å². The van der Waals surface area contributed by atoms with Crippen LogP contribution in [0.25, 0.3) is 0 Å². The maximum absolute atomic E-state index is 8.97. The molecule has 0 radical (unpaired) electrons. The van der Waals surface area contributed by atoms with E-state index < -0.39 is 0 Å². The summed E-state index contributed by atoms with van der Waals surface area (Å²) in [7, 11) is 0. The van der Waals surface area contributed by atoms with Gasteiger partial charge in [-0.2, -0.15) is 0 Å². The average Bonchev–Trinajstić information content (AvgIpc) is 1.84. The third kappa shape index (κ3) is 8.02. The topological polar surface area (TPSA) is 29.5 Å². The molecule has 0 aliphatic carbocycles. The molecule has 2 nitrogen and oxygen atoms in total. The van der Waals surface area contributed by atoms with Gasteiger partial charge in [-0.15, -0.1) is 0 Å². The van der Waals surface area contributed by atoms with Gasteiger partial charge in [-0.3, -0.25) is 0 Å². The fourth-order valence-corrected chi connectivity index (χ4v) is 1.17. The van der Waals surface area contributed by atoms with E-state index in [4.69, 9.17) is 9.84 Å². The average molecular weight is 174 g/mol. The van der Waals surface area contributed by atoms with E-state index >= 15 is 0 Å². The second-order valence-corrected chi connectivity index (χ2v) is 3.95. The minimum atomic E-state index is -0.240. The monoisotopic (exact) mass is 174 g/mol. The standard InChI is InChI=1S/C10H22O2/c1-8(2)7-10(4)12-6-5-9(3)11/h8-11H,5-7H2,1-4H3. The summed E-state index contributed by atoms with van der Waals surface area (Å²) in [5.74, 6) is 0.687. The number of aliphatic hydroxyl groups excluding tert-OH is 1. The summed E-state index contributed by atoms with van der Waals surface area (Å²) in [6.07, 6.45) is 1.92. The summed E-state index contributed by atoms with van der Waals surface area (Å²) in [4.78, 5) is 0. The van der Waals surface area contributed by atoms with Crippen LogP contribution in [0.5, 0.6) is 0 Å². The molecule has 0 aliphatic rings. The van der Waals surface area contributed by atoms with Crippen LogP contribution in [-0.2, 0) is 4.74 Å². The fourth-order valence-electron chi connectivity index (χ4n) is 1.17. The highest BCUT2D eigenvalue weighted by Crippen LogP contribution is 2.07. The molecule has 0 bridgehead atoms. The van der Waals surface area contributed by atoms with Crippen LogP contribution >= 0.6 is 0 Å². The van der Waals surface area contributed by atoms with Crippen molar-refractivity contribution >= 4 is 0 Å². The van der Waals surface area contributed by atoms with E-state index in [-0.39, 0.29) is 6.10 Å². The van der Waals surface area contributed by atoms with Gasteiger partial charge in [-0.1, -0.05) is 13.8 Å². The van der Waals surface area contributed by atoms with Crippen molar-refractivity contribution in [2.24, 2.45) is 5.92 Å². The first-order valence-electron chi connectivity index (χ1n) is 4.82. The van der Waals surface area contributed by atoms with Gasteiger partial charge in [-0.05, 0) is 32.6 Å². The zero-order valence-corrected chi connectivity index (χ0v) is 8.71. The molecule has 74 valence electrons. The zero-order valence-electron chi connectivity index (χ0n) is 8.71. The number of hydrogen-bond acceptors (Lipinski definition) is 2. The Kier molecular flexibility index (Phi) is 6.39. The van der Waals surface area contributed by atoms with Crippen molar-refractivity contribution in [3.05, 3.63) is 0 Å². The molecule has 2 atom stereocenters. The molecular formula is C10H22O2. The highest BCUT2D eigenvalue weighted by atomic mass is 16.5. The molecule has 2 unspecified atom stereocenters. The van der Waals surface area contributed by atoms with Crippen molar-refractivity contribution in [3.63, 3.8) is 0 Å². The summed E-state index contributed by atoms with van der Waals surface area (Å²) in [6, 6.07) is 0.